The van der Waals surface area contributed by atoms with Crippen LogP contribution >= 0.6 is 23.5 Å². The van der Waals surface area contributed by atoms with Crippen LogP contribution in [0.15, 0.2) is 97.1 Å². The number of hydrogen-bond acceptors (Lipinski definition) is 4. The minimum absolute atomic E-state index is 0.0207. The van der Waals surface area contributed by atoms with E-state index in [1.54, 1.807) is 0 Å². The van der Waals surface area contributed by atoms with E-state index in [9.17, 15) is 0 Å². The zero-order valence-corrected chi connectivity index (χ0v) is 16.8. The molecule has 3 aliphatic rings. The van der Waals surface area contributed by atoms with Crippen molar-refractivity contribution in [2.75, 3.05) is 10.6 Å². The molecule has 1 aliphatic carbocycles. The van der Waals surface area contributed by atoms with Gasteiger partial charge in [0.15, 0.2) is 0 Å². The summed E-state index contributed by atoms with van der Waals surface area (Å²) >= 11 is 4.14. The van der Waals surface area contributed by atoms with Crippen LogP contribution in [0.5, 0.6) is 0 Å². The molecule has 4 unspecified atom stereocenters. The lowest BCUT2D eigenvalue weighted by Crippen LogP contribution is -2.39. The van der Waals surface area contributed by atoms with Crippen LogP contribution in [0.3, 0.4) is 0 Å². The van der Waals surface area contributed by atoms with Gasteiger partial charge in [0.25, 0.3) is 0 Å². The maximum Gasteiger partial charge on any atom is 0.121 e. The van der Waals surface area contributed by atoms with Crippen molar-refractivity contribution in [3.63, 3.8) is 0 Å². The molecular formula is C24H20N2S2. The summed E-state index contributed by atoms with van der Waals surface area (Å²) in [4.78, 5) is 0.0207. The van der Waals surface area contributed by atoms with Crippen LogP contribution in [0, 0.1) is 0 Å². The van der Waals surface area contributed by atoms with Crippen LogP contribution in [0.1, 0.15) is 5.56 Å². The molecule has 0 aromatic heterocycles. The quantitative estimate of drug-likeness (QED) is 0.391. The topological polar surface area (TPSA) is 24.1 Å². The van der Waals surface area contributed by atoms with Crippen LogP contribution in [0.4, 0.5) is 17.1 Å². The number of thioether (sulfide) groups is 2. The molecule has 2 nitrogen and oxygen atoms in total. The Balaban J connectivity index is 1.41. The summed E-state index contributed by atoms with van der Waals surface area (Å²) in [7, 11) is 0. The highest BCUT2D eigenvalue weighted by Crippen LogP contribution is 2.81. The highest BCUT2D eigenvalue weighted by atomic mass is 32.2. The molecule has 0 amide bonds. The molecule has 2 N–H and O–H groups in total. The van der Waals surface area contributed by atoms with Crippen LogP contribution < -0.4 is 10.6 Å². The van der Waals surface area contributed by atoms with Gasteiger partial charge in [-0.1, -0.05) is 66.7 Å². The molecule has 138 valence electrons. The van der Waals surface area contributed by atoms with Crippen molar-refractivity contribution in [1.29, 1.82) is 0 Å². The second-order valence-corrected chi connectivity index (χ2v) is 10.3. The van der Waals surface area contributed by atoms with Crippen molar-refractivity contribution in [2.24, 2.45) is 0 Å². The summed E-state index contributed by atoms with van der Waals surface area (Å²) in [6, 6.07) is 29.8. The summed E-state index contributed by atoms with van der Waals surface area (Å²) in [5.41, 5.74) is 4.87. The molecule has 4 heteroatoms. The molecule has 3 aromatic carbocycles. The van der Waals surface area contributed by atoms with E-state index in [-0.39, 0.29) is 9.62 Å². The van der Waals surface area contributed by atoms with Crippen LogP contribution in [-0.4, -0.2) is 15.4 Å². The lowest BCUT2D eigenvalue weighted by atomic mass is 9.83. The lowest BCUT2D eigenvalue weighted by Gasteiger charge is -2.27. The first-order chi connectivity index (χ1) is 13.8. The largest absolute Gasteiger partial charge is 0.368 e. The molecule has 2 heterocycles. The number of rotatable bonds is 5. The standard InChI is InChI=1S/C24H20N2S2/c1-3-9-17(10-4-1)25-20-14-8-7-13-19(20)23-16-15-21-22(27-21)24(23,28-23)26-18-11-5-2-6-12-18/h1-16,21-22,25-26H. The summed E-state index contributed by atoms with van der Waals surface area (Å²) in [5, 5.41) is 8.83. The molecule has 0 spiro atoms. The monoisotopic (exact) mass is 400 g/mol. The Bertz CT molecular complexity index is 1050. The van der Waals surface area contributed by atoms with E-state index in [0.29, 0.717) is 10.5 Å². The fraction of sp³-hybridized carbons (Fsp3) is 0.167. The second kappa shape index (κ2) is 6.10. The van der Waals surface area contributed by atoms with E-state index < -0.39 is 0 Å². The Kier molecular flexibility index (Phi) is 3.62. The molecule has 3 aromatic rings. The van der Waals surface area contributed by atoms with Crippen LogP contribution in [0.25, 0.3) is 0 Å². The molecule has 0 radical (unpaired) electrons. The van der Waals surface area contributed by atoms with Gasteiger partial charge in [-0.3, -0.25) is 0 Å². The third kappa shape index (κ3) is 2.44. The second-order valence-electron chi connectivity index (χ2n) is 7.48. The molecule has 6 rings (SSSR count). The summed E-state index contributed by atoms with van der Waals surface area (Å²) in [5.74, 6) is 0. The molecule has 4 atom stereocenters. The Morgan fingerprint density at radius 3 is 2.21 bits per heavy atom. The van der Waals surface area contributed by atoms with Gasteiger partial charge in [0.1, 0.15) is 4.87 Å². The van der Waals surface area contributed by atoms with E-state index in [1.165, 1.54) is 16.9 Å². The number of para-hydroxylation sites is 3. The molecular weight excluding hydrogens is 380 g/mol. The third-order valence-corrected chi connectivity index (χ3v) is 9.08. The fourth-order valence-electron chi connectivity index (χ4n) is 4.35. The van der Waals surface area contributed by atoms with Gasteiger partial charge in [-0.05, 0) is 35.9 Å². The van der Waals surface area contributed by atoms with Crippen molar-refractivity contribution in [3.05, 3.63) is 103 Å². The van der Waals surface area contributed by atoms with Crippen molar-refractivity contribution < 1.29 is 0 Å². The predicted octanol–water partition coefficient (Wildman–Crippen LogP) is 6.23. The van der Waals surface area contributed by atoms with E-state index in [0.717, 1.165) is 5.69 Å². The van der Waals surface area contributed by atoms with E-state index in [2.05, 4.69) is 131 Å². The summed E-state index contributed by atoms with van der Waals surface area (Å²) < 4.78 is -0.0358. The van der Waals surface area contributed by atoms with Gasteiger partial charge in [0, 0.05) is 22.3 Å². The first kappa shape index (κ1) is 16.6. The highest BCUT2D eigenvalue weighted by Gasteiger charge is 2.79. The smallest absolute Gasteiger partial charge is 0.121 e. The average Bonchev–Trinajstić information content (AvgIpc) is 3.63. The van der Waals surface area contributed by atoms with Crippen molar-refractivity contribution >= 4 is 40.6 Å². The lowest BCUT2D eigenvalue weighted by molar-refractivity contribution is 0.633. The van der Waals surface area contributed by atoms with Crippen LogP contribution in [-0.2, 0) is 4.75 Å². The van der Waals surface area contributed by atoms with Gasteiger partial charge in [-0.2, -0.15) is 0 Å². The molecule has 0 saturated carbocycles. The average molecular weight is 401 g/mol. The summed E-state index contributed by atoms with van der Waals surface area (Å²) in [6.45, 7) is 0. The Hall–Kier alpha value is -2.30. The molecule has 2 saturated heterocycles. The molecule has 2 fully saturated rings. The minimum atomic E-state index is -0.0358. The van der Waals surface area contributed by atoms with E-state index in [4.69, 9.17) is 0 Å². The van der Waals surface area contributed by atoms with Gasteiger partial charge in [-0.25, -0.2) is 0 Å². The number of fused-ring (bicyclic) bond motifs is 3. The van der Waals surface area contributed by atoms with E-state index in [1.807, 2.05) is 0 Å². The van der Waals surface area contributed by atoms with Crippen molar-refractivity contribution in [1.82, 2.24) is 0 Å². The number of benzene rings is 3. The van der Waals surface area contributed by atoms with Crippen LogP contribution in [0.2, 0.25) is 0 Å². The third-order valence-electron chi connectivity index (χ3n) is 5.76. The van der Waals surface area contributed by atoms with Gasteiger partial charge in [0.05, 0.1) is 10.00 Å². The normalized spacial score (nSPS) is 31.4. The molecule has 28 heavy (non-hydrogen) atoms. The Morgan fingerprint density at radius 2 is 1.43 bits per heavy atom. The van der Waals surface area contributed by atoms with Crippen molar-refractivity contribution in [3.8, 4) is 0 Å². The SMILES string of the molecule is C1=CC2(c3ccccc3Nc3ccccc3)SC2(Nc2ccccc2)C2SC12. The van der Waals surface area contributed by atoms with Gasteiger partial charge < -0.3 is 10.6 Å². The van der Waals surface area contributed by atoms with Gasteiger partial charge in [0.2, 0.25) is 0 Å². The van der Waals surface area contributed by atoms with E-state index >= 15 is 0 Å². The molecule has 2 aliphatic heterocycles. The predicted molar refractivity (Wildman–Crippen MR) is 123 cm³/mol. The minimum Gasteiger partial charge on any atom is -0.368 e. The number of anilines is 3. The van der Waals surface area contributed by atoms with Gasteiger partial charge >= 0.3 is 0 Å². The summed E-state index contributed by atoms with van der Waals surface area (Å²) in [6.07, 6.45) is 4.86. The first-order valence-corrected chi connectivity index (χ1v) is 11.4. The zero-order valence-electron chi connectivity index (χ0n) is 15.2. The van der Waals surface area contributed by atoms with Gasteiger partial charge in [-0.15, -0.1) is 23.5 Å². The number of nitrogens with one attached hydrogen (secondary N) is 2. The maximum atomic E-state index is 3.92. The highest BCUT2D eigenvalue weighted by molar-refractivity contribution is 8.14. The first-order valence-electron chi connectivity index (χ1n) is 9.61. The van der Waals surface area contributed by atoms with Crippen molar-refractivity contribution in [2.45, 2.75) is 20.1 Å². The Labute approximate surface area is 173 Å². The fourth-order valence-corrected chi connectivity index (χ4v) is 7.65. The number of hydrogen-bond donors (Lipinski definition) is 2. The Morgan fingerprint density at radius 1 is 0.750 bits per heavy atom. The molecule has 0 bridgehead atoms. The maximum absolute atomic E-state index is 3.92. The zero-order chi connectivity index (χ0) is 18.6.